The molecule has 3 aromatic heterocycles. The predicted octanol–water partition coefficient (Wildman–Crippen LogP) is 2.61. The van der Waals surface area contributed by atoms with E-state index in [4.69, 9.17) is 0 Å². The first-order chi connectivity index (χ1) is 12.3. The monoisotopic (exact) mass is 353 g/mol. The zero-order chi connectivity index (χ0) is 17.2. The highest BCUT2D eigenvalue weighted by atomic mass is 32.1. The summed E-state index contributed by atoms with van der Waals surface area (Å²) in [7, 11) is 0. The van der Waals surface area contributed by atoms with Gasteiger partial charge in [0, 0.05) is 37.3 Å². The van der Waals surface area contributed by atoms with E-state index >= 15 is 0 Å². The number of aryl methyl sites for hydroxylation is 1. The fourth-order valence-electron chi connectivity index (χ4n) is 3.09. The zero-order valence-electron chi connectivity index (χ0n) is 14.1. The van der Waals surface area contributed by atoms with E-state index in [1.54, 1.807) is 29.9 Å². The fraction of sp³-hybridized carbons (Fsp3) is 0.333. The number of piperazine rings is 1. The molecule has 0 unspecified atom stereocenters. The quantitative estimate of drug-likeness (QED) is 0.724. The zero-order valence-corrected chi connectivity index (χ0v) is 14.9. The number of hydrogen-bond acceptors (Lipinski definition) is 6. The summed E-state index contributed by atoms with van der Waals surface area (Å²) in [6.45, 7) is 5.03. The molecule has 3 aromatic rings. The Morgan fingerprint density at radius 3 is 2.72 bits per heavy atom. The number of pyridine rings is 1. The minimum Gasteiger partial charge on any atom is -0.352 e. The van der Waals surface area contributed by atoms with Crippen molar-refractivity contribution in [2.24, 2.45) is 0 Å². The van der Waals surface area contributed by atoms with Crippen LogP contribution in [0.5, 0.6) is 0 Å². The number of thiophene rings is 1. The summed E-state index contributed by atoms with van der Waals surface area (Å²) in [5, 5.41) is 1.12. The molecule has 6 nitrogen and oxygen atoms in total. The van der Waals surface area contributed by atoms with Gasteiger partial charge in [-0.05, 0) is 24.6 Å². The molecule has 0 aromatic carbocycles. The Hall–Kier alpha value is -2.54. The molecular formula is C18H19N5OS. The SMILES string of the molecule is CCc1cc2c(N3CCN(C(=O)c4ccccn4)CC3)ncnc2s1. The molecule has 25 heavy (non-hydrogen) atoms. The van der Waals surface area contributed by atoms with E-state index in [0.29, 0.717) is 18.8 Å². The molecule has 128 valence electrons. The van der Waals surface area contributed by atoms with Crippen molar-refractivity contribution in [3.8, 4) is 0 Å². The number of anilines is 1. The highest BCUT2D eigenvalue weighted by Gasteiger charge is 2.24. The van der Waals surface area contributed by atoms with Crippen LogP contribution in [0.4, 0.5) is 5.82 Å². The van der Waals surface area contributed by atoms with Gasteiger partial charge in [0.25, 0.3) is 5.91 Å². The van der Waals surface area contributed by atoms with Crippen molar-refractivity contribution in [2.75, 3.05) is 31.1 Å². The van der Waals surface area contributed by atoms with Crippen molar-refractivity contribution < 1.29 is 4.79 Å². The van der Waals surface area contributed by atoms with Gasteiger partial charge >= 0.3 is 0 Å². The third-order valence-corrected chi connectivity index (χ3v) is 5.65. The third kappa shape index (κ3) is 3.07. The van der Waals surface area contributed by atoms with E-state index in [1.807, 2.05) is 17.0 Å². The first-order valence-corrected chi connectivity index (χ1v) is 9.26. The Kier molecular flexibility index (Phi) is 4.31. The van der Waals surface area contributed by atoms with Gasteiger partial charge in [-0.25, -0.2) is 9.97 Å². The lowest BCUT2D eigenvalue weighted by atomic mass is 10.2. The number of carbonyl (C=O) groups is 1. The summed E-state index contributed by atoms with van der Waals surface area (Å²) in [6.07, 6.45) is 4.30. The Morgan fingerprint density at radius 2 is 2.00 bits per heavy atom. The number of fused-ring (bicyclic) bond motifs is 1. The number of rotatable bonds is 3. The number of amides is 1. The van der Waals surface area contributed by atoms with Crippen LogP contribution >= 0.6 is 11.3 Å². The van der Waals surface area contributed by atoms with E-state index in [9.17, 15) is 4.79 Å². The van der Waals surface area contributed by atoms with Crippen molar-refractivity contribution in [2.45, 2.75) is 13.3 Å². The topological polar surface area (TPSA) is 62.2 Å². The van der Waals surface area contributed by atoms with Crippen molar-refractivity contribution in [1.82, 2.24) is 19.9 Å². The van der Waals surface area contributed by atoms with Crippen LogP contribution in [0, 0.1) is 0 Å². The minimum atomic E-state index is -0.00288. The number of aromatic nitrogens is 3. The molecule has 1 aliphatic heterocycles. The second-order valence-electron chi connectivity index (χ2n) is 5.98. The molecule has 1 aliphatic rings. The Morgan fingerprint density at radius 1 is 1.16 bits per heavy atom. The number of hydrogen-bond donors (Lipinski definition) is 0. The van der Waals surface area contributed by atoms with Crippen LogP contribution in [-0.2, 0) is 6.42 Å². The average Bonchev–Trinajstić information content (AvgIpc) is 3.12. The lowest BCUT2D eigenvalue weighted by Crippen LogP contribution is -2.49. The van der Waals surface area contributed by atoms with Gasteiger partial charge in [0.1, 0.15) is 22.7 Å². The molecule has 4 rings (SSSR count). The first kappa shape index (κ1) is 16.0. The van der Waals surface area contributed by atoms with Crippen LogP contribution in [0.15, 0.2) is 36.8 Å². The van der Waals surface area contributed by atoms with Crippen molar-refractivity contribution in [3.05, 3.63) is 47.4 Å². The Bertz CT molecular complexity index is 887. The largest absolute Gasteiger partial charge is 0.352 e. The maximum absolute atomic E-state index is 12.5. The molecule has 4 heterocycles. The molecule has 0 bridgehead atoms. The molecular weight excluding hydrogens is 334 g/mol. The Labute approximate surface area is 150 Å². The van der Waals surface area contributed by atoms with Crippen LogP contribution in [0.3, 0.4) is 0 Å². The lowest BCUT2D eigenvalue weighted by molar-refractivity contribution is 0.0740. The maximum Gasteiger partial charge on any atom is 0.272 e. The summed E-state index contributed by atoms with van der Waals surface area (Å²) in [5.41, 5.74) is 0.505. The summed E-state index contributed by atoms with van der Waals surface area (Å²) < 4.78 is 0. The summed E-state index contributed by atoms with van der Waals surface area (Å²) in [6, 6.07) is 7.62. The molecule has 0 atom stereocenters. The average molecular weight is 353 g/mol. The van der Waals surface area contributed by atoms with Gasteiger partial charge in [0.05, 0.1) is 5.39 Å². The summed E-state index contributed by atoms with van der Waals surface area (Å²) in [4.78, 5) is 32.1. The van der Waals surface area contributed by atoms with E-state index < -0.39 is 0 Å². The van der Waals surface area contributed by atoms with E-state index in [1.165, 1.54) is 4.88 Å². The molecule has 1 amide bonds. The van der Waals surface area contributed by atoms with Gasteiger partial charge in [0.15, 0.2) is 0 Å². The summed E-state index contributed by atoms with van der Waals surface area (Å²) in [5.74, 6) is 0.975. The number of nitrogens with zero attached hydrogens (tertiary/aromatic N) is 5. The van der Waals surface area contributed by atoms with Gasteiger partial charge < -0.3 is 9.80 Å². The Balaban J connectivity index is 1.51. The second kappa shape index (κ2) is 6.76. The maximum atomic E-state index is 12.5. The minimum absolute atomic E-state index is 0.00288. The van der Waals surface area contributed by atoms with Crippen molar-refractivity contribution >= 4 is 33.3 Å². The van der Waals surface area contributed by atoms with Gasteiger partial charge in [-0.2, -0.15) is 0 Å². The van der Waals surface area contributed by atoms with Gasteiger partial charge in [0.2, 0.25) is 0 Å². The van der Waals surface area contributed by atoms with Crippen LogP contribution < -0.4 is 4.90 Å². The fourth-order valence-corrected chi connectivity index (χ4v) is 4.02. The highest BCUT2D eigenvalue weighted by molar-refractivity contribution is 7.18. The summed E-state index contributed by atoms with van der Waals surface area (Å²) >= 11 is 1.73. The normalized spacial score (nSPS) is 14.9. The van der Waals surface area contributed by atoms with E-state index in [-0.39, 0.29) is 5.91 Å². The van der Waals surface area contributed by atoms with Gasteiger partial charge in [-0.1, -0.05) is 13.0 Å². The van der Waals surface area contributed by atoms with Gasteiger partial charge in [-0.3, -0.25) is 9.78 Å². The third-order valence-electron chi connectivity index (χ3n) is 4.46. The lowest BCUT2D eigenvalue weighted by Gasteiger charge is -2.35. The van der Waals surface area contributed by atoms with Crippen LogP contribution in [0.25, 0.3) is 10.2 Å². The highest BCUT2D eigenvalue weighted by Crippen LogP contribution is 2.31. The molecule has 0 radical (unpaired) electrons. The predicted molar refractivity (Wildman–Crippen MR) is 99.1 cm³/mol. The standard InChI is InChI=1S/C18H19N5OS/c1-2-13-11-14-16(20-12-21-17(14)25-13)22-7-9-23(10-8-22)18(24)15-5-3-4-6-19-15/h3-6,11-12H,2,7-10H2,1H3. The second-order valence-corrected chi connectivity index (χ2v) is 7.09. The van der Waals surface area contributed by atoms with E-state index in [2.05, 4.69) is 32.8 Å². The van der Waals surface area contributed by atoms with E-state index in [0.717, 1.165) is 35.5 Å². The first-order valence-electron chi connectivity index (χ1n) is 8.45. The molecule has 0 spiro atoms. The van der Waals surface area contributed by atoms with Crippen LogP contribution in [0.2, 0.25) is 0 Å². The van der Waals surface area contributed by atoms with Crippen molar-refractivity contribution in [3.63, 3.8) is 0 Å². The molecule has 1 fully saturated rings. The molecule has 1 saturated heterocycles. The van der Waals surface area contributed by atoms with Crippen LogP contribution in [0.1, 0.15) is 22.3 Å². The molecule has 0 aliphatic carbocycles. The van der Waals surface area contributed by atoms with Crippen LogP contribution in [-0.4, -0.2) is 51.9 Å². The van der Waals surface area contributed by atoms with Gasteiger partial charge in [-0.15, -0.1) is 11.3 Å². The smallest absolute Gasteiger partial charge is 0.272 e. The van der Waals surface area contributed by atoms with Crippen molar-refractivity contribution in [1.29, 1.82) is 0 Å². The molecule has 0 saturated carbocycles. The number of carbonyl (C=O) groups excluding carboxylic acids is 1. The molecule has 0 N–H and O–H groups in total. The molecule has 7 heteroatoms.